The van der Waals surface area contributed by atoms with Crippen molar-refractivity contribution in [1.82, 2.24) is 20.4 Å². The van der Waals surface area contributed by atoms with Crippen molar-refractivity contribution in [2.45, 2.75) is 31.7 Å². The summed E-state index contributed by atoms with van der Waals surface area (Å²) in [5.74, 6) is 0.884. The smallest absolute Gasteiger partial charge is 0.253 e. The largest absolute Gasteiger partial charge is 0.385 e. The molecule has 0 unspecified atom stereocenters. The number of likely N-dealkylation sites (tertiary alicyclic amines) is 1. The van der Waals surface area contributed by atoms with Crippen molar-refractivity contribution in [2.75, 3.05) is 61.0 Å². The maximum absolute atomic E-state index is 12.1. The fraction of sp³-hybridized carbons (Fsp3) is 0.636. The molecule has 8 heteroatoms. The minimum Gasteiger partial charge on any atom is -0.385 e. The van der Waals surface area contributed by atoms with Gasteiger partial charge in [0.15, 0.2) is 5.96 Å². The van der Waals surface area contributed by atoms with Gasteiger partial charge in [0, 0.05) is 72.6 Å². The molecule has 0 radical (unpaired) electrons. The first-order valence-electron chi connectivity index (χ1n) is 10.5. The van der Waals surface area contributed by atoms with E-state index in [0.29, 0.717) is 6.04 Å². The van der Waals surface area contributed by atoms with Crippen molar-refractivity contribution in [3.8, 4) is 0 Å². The number of amides is 1. The number of hydrogen-bond donors (Lipinski definition) is 2. The van der Waals surface area contributed by atoms with Gasteiger partial charge in [0.2, 0.25) is 0 Å². The first-order chi connectivity index (χ1) is 14.0. The standard InChI is InChI=1S/C22H37N5O2.HI/c1-23-22(25-20-10-14-27(15-11-20)13-6-16-29-4)24-12-9-18-7-5-8-19(17-18)21(28)26(2)3;/h5,7-8,17,20H,6,9-16H2,1-4H3,(H2,23,24,25);1H. The van der Waals surface area contributed by atoms with Gasteiger partial charge in [0.1, 0.15) is 0 Å². The molecule has 1 aliphatic heterocycles. The number of aliphatic imine (C=N–C) groups is 1. The first-order valence-corrected chi connectivity index (χ1v) is 10.5. The van der Waals surface area contributed by atoms with Crippen LogP contribution >= 0.6 is 24.0 Å². The zero-order chi connectivity index (χ0) is 21.1. The monoisotopic (exact) mass is 531 g/mol. The van der Waals surface area contributed by atoms with Crippen molar-refractivity contribution in [1.29, 1.82) is 0 Å². The number of methoxy groups -OCH3 is 1. The Balaban J connectivity index is 0.00000450. The van der Waals surface area contributed by atoms with E-state index in [-0.39, 0.29) is 29.9 Å². The van der Waals surface area contributed by atoms with E-state index in [1.54, 1.807) is 26.1 Å². The number of piperidine rings is 1. The lowest BCUT2D eigenvalue weighted by Gasteiger charge is -2.33. The average Bonchev–Trinajstić information content (AvgIpc) is 2.74. The second-order valence-corrected chi connectivity index (χ2v) is 7.76. The number of guanidine groups is 1. The summed E-state index contributed by atoms with van der Waals surface area (Å²) in [5, 5.41) is 6.95. The second kappa shape index (κ2) is 14.6. The van der Waals surface area contributed by atoms with E-state index in [1.165, 1.54) is 0 Å². The molecule has 1 saturated heterocycles. The molecule has 170 valence electrons. The van der Waals surface area contributed by atoms with Crippen LogP contribution < -0.4 is 10.6 Å². The topological polar surface area (TPSA) is 69.2 Å². The quantitative estimate of drug-likeness (QED) is 0.222. The molecule has 7 nitrogen and oxygen atoms in total. The summed E-state index contributed by atoms with van der Waals surface area (Å²) in [6, 6.07) is 8.30. The zero-order valence-electron chi connectivity index (χ0n) is 18.8. The summed E-state index contributed by atoms with van der Waals surface area (Å²) in [6.07, 6.45) is 4.19. The van der Waals surface area contributed by atoms with Crippen LogP contribution in [0.25, 0.3) is 0 Å². The number of carbonyl (C=O) groups is 1. The minimum atomic E-state index is 0. The lowest BCUT2D eigenvalue weighted by atomic mass is 10.1. The average molecular weight is 531 g/mol. The number of rotatable bonds is 9. The van der Waals surface area contributed by atoms with Gasteiger partial charge < -0.3 is 25.2 Å². The molecule has 1 aromatic rings. The fourth-order valence-electron chi connectivity index (χ4n) is 3.56. The minimum absolute atomic E-state index is 0. The molecule has 1 amide bonds. The Morgan fingerprint density at radius 3 is 2.67 bits per heavy atom. The normalized spacial score (nSPS) is 15.4. The maximum atomic E-state index is 12.1. The SMILES string of the molecule is CN=C(NCCc1cccc(C(=O)N(C)C)c1)NC1CCN(CCCOC)CC1.I. The Morgan fingerprint density at radius 1 is 1.30 bits per heavy atom. The van der Waals surface area contributed by atoms with E-state index in [9.17, 15) is 4.79 Å². The number of halogens is 1. The Bertz CT molecular complexity index is 661. The van der Waals surface area contributed by atoms with Crippen LogP contribution in [0, 0.1) is 0 Å². The van der Waals surface area contributed by atoms with Gasteiger partial charge in [-0.2, -0.15) is 0 Å². The molecule has 0 spiro atoms. The van der Waals surface area contributed by atoms with Crippen LogP contribution in [-0.4, -0.2) is 88.7 Å². The van der Waals surface area contributed by atoms with E-state index in [4.69, 9.17) is 4.74 Å². The molecule has 1 aliphatic rings. The Morgan fingerprint density at radius 2 is 2.03 bits per heavy atom. The van der Waals surface area contributed by atoms with Crippen LogP contribution in [0.15, 0.2) is 29.3 Å². The summed E-state index contributed by atoms with van der Waals surface area (Å²) in [7, 11) is 7.12. The molecule has 2 N–H and O–H groups in total. The van der Waals surface area contributed by atoms with Gasteiger partial charge in [-0.3, -0.25) is 9.79 Å². The lowest BCUT2D eigenvalue weighted by Crippen LogP contribution is -2.49. The molecule has 0 bridgehead atoms. The summed E-state index contributed by atoms with van der Waals surface area (Å²) in [5.41, 5.74) is 1.87. The van der Waals surface area contributed by atoms with Crippen LogP contribution in [0.1, 0.15) is 35.2 Å². The summed E-state index contributed by atoms with van der Waals surface area (Å²) >= 11 is 0. The fourth-order valence-corrected chi connectivity index (χ4v) is 3.56. The third-order valence-corrected chi connectivity index (χ3v) is 5.26. The van der Waals surface area contributed by atoms with Crippen LogP contribution in [0.5, 0.6) is 0 Å². The number of ether oxygens (including phenoxy) is 1. The highest BCUT2D eigenvalue weighted by Crippen LogP contribution is 2.11. The van der Waals surface area contributed by atoms with Gasteiger partial charge in [0.05, 0.1) is 0 Å². The van der Waals surface area contributed by atoms with Gasteiger partial charge in [-0.1, -0.05) is 12.1 Å². The number of nitrogens with one attached hydrogen (secondary N) is 2. The molecule has 0 aliphatic carbocycles. The van der Waals surface area contributed by atoms with E-state index < -0.39 is 0 Å². The van der Waals surface area contributed by atoms with Gasteiger partial charge in [0.25, 0.3) is 5.91 Å². The number of nitrogens with zero attached hydrogens (tertiary/aromatic N) is 3. The van der Waals surface area contributed by atoms with Crippen LogP contribution in [0.4, 0.5) is 0 Å². The van der Waals surface area contributed by atoms with Crippen molar-refractivity contribution < 1.29 is 9.53 Å². The highest BCUT2D eigenvalue weighted by atomic mass is 127. The Labute approximate surface area is 198 Å². The van der Waals surface area contributed by atoms with Crippen molar-refractivity contribution in [3.05, 3.63) is 35.4 Å². The molecular weight excluding hydrogens is 493 g/mol. The molecule has 0 atom stereocenters. The molecule has 0 aromatic heterocycles. The third-order valence-electron chi connectivity index (χ3n) is 5.26. The second-order valence-electron chi connectivity index (χ2n) is 7.76. The molecule has 30 heavy (non-hydrogen) atoms. The van der Waals surface area contributed by atoms with Crippen molar-refractivity contribution in [3.63, 3.8) is 0 Å². The third kappa shape index (κ3) is 9.18. The number of hydrogen-bond acceptors (Lipinski definition) is 4. The van der Waals surface area contributed by atoms with Crippen LogP contribution in [0.2, 0.25) is 0 Å². The van der Waals surface area contributed by atoms with E-state index in [0.717, 1.165) is 75.6 Å². The predicted octanol–water partition coefficient (Wildman–Crippen LogP) is 2.21. The highest BCUT2D eigenvalue weighted by molar-refractivity contribution is 14.0. The van der Waals surface area contributed by atoms with Crippen molar-refractivity contribution in [2.24, 2.45) is 4.99 Å². The maximum Gasteiger partial charge on any atom is 0.253 e. The number of carbonyl (C=O) groups excluding carboxylic acids is 1. The lowest BCUT2D eigenvalue weighted by molar-refractivity contribution is 0.0827. The first kappa shape index (κ1) is 26.6. The van der Waals surface area contributed by atoms with Gasteiger partial charge in [-0.25, -0.2) is 0 Å². The van der Waals surface area contributed by atoms with Gasteiger partial charge in [-0.15, -0.1) is 24.0 Å². The van der Waals surface area contributed by atoms with Gasteiger partial charge in [-0.05, 0) is 43.4 Å². The highest BCUT2D eigenvalue weighted by Gasteiger charge is 2.19. The molecule has 0 saturated carbocycles. The van der Waals surface area contributed by atoms with Crippen LogP contribution in [-0.2, 0) is 11.2 Å². The van der Waals surface area contributed by atoms with E-state index >= 15 is 0 Å². The summed E-state index contributed by atoms with van der Waals surface area (Å²) in [4.78, 5) is 20.6. The zero-order valence-corrected chi connectivity index (χ0v) is 21.1. The molecular formula is C22H38IN5O2. The summed E-state index contributed by atoms with van der Waals surface area (Å²) < 4.78 is 5.14. The molecule has 1 heterocycles. The molecule has 1 fully saturated rings. The van der Waals surface area contributed by atoms with Gasteiger partial charge >= 0.3 is 0 Å². The summed E-state index contributed by atoms with van der Waals surface area (Å²) in [6.45, 7) is 4.95. The predicted molar refractivity (Wildman–Crippen MR) is 134 cm³/mol. The molecule has 2 rings (SSSR count). The Hall–Kier alpha value is -1.39. The Kier molecular flexibility index (Phi) is 13.0. The number of benzene rings is 1. The van der Waals surface area contributed by atoms with Crippen molar-refractivity contribution >= 4 is 35.8 Å². The molecule has 1 aromatic carbocycles. The van der Waals surface area contributed by atoms with E-state index in [1.807, 2.05) is 25.2 Å². The van der Waals surface area contributed by atoms with Crippen LogP contribution in [0.3, 0.4) is 0 Å². The van der Waals surface area contributed by atoms with E-state index in [2.05, 4.69) is 26.6 Å².